The molecular formula is C18H23NO2. The van der Waals surface area contributed by atoms with Crippen LogP contribution in [0.4, 0.5) is 0 Å². The van der Waals surface area contributed by atoms with Crippen molar-refractivity contribution in [1.82, 2.24) is 5.32 Å². The third-order valence-electron chi connectivity index (χ3n) is 4.11. The summed E-state index contributed by atoms with van der Waals surface area (Å²) in [4.78, 5) is 12.3. The van der Waals surface area contributed by atoms with Gasteiger partial charge in [-0.25, -0.2) is 0 Å². The summed E-state index contributed by atoms with van der Waals surface area (Å²) in [5, 5.41) is 11.8. The number of nitrogens with one attached hydrogen (secondary N) is 1. The number of benzene rings is 1. The minimum absolute atomic E-state index is 0.0388. The first-order valence-electron chi connectivity index (χ1n) is 7.42. The van der Waals surface area contributed by atoms with Gasteiger partial charge in [0.25, 0.3) is 5.91 Å². The van der Waals surface area contributed by atoms with Gasteiger partial charge in [-0.05, 0) is 42.4 Å². The van der Waals surface area contributed by atoms with Crippen LogP contribution in [0.15, 0.2) is 18.2 Å². The van der Waals surface area contributed by atoms with E-state index in [-0.39, 0.29) is 12.5 Å². The van der Waals surface area contributed by atoms with E-state index in [0.29, 0.717) is 23.3 Å². The SMILES string of the molecule is Cc1ccc(C(=O)NCC2CC2(C)C)c(C#CCCO)c1. The van der Waals surface area contributed by atoms with Crippen LogP contribution in [0.3, 0.4) is 0 Å². The first-order valence-corrected chi connectivity index (χ1v) is 7.42. The highest BCUT2D eigenvalue weighted by atomic mass is 16.2. The predicted molar refractivity (Wildman–Crippen MR) is 84.0 cm³/mol. The Kier molecular flexibility index (Phi) is 4.69. The molecule has 112 valence electrons. The molecule has 0 aliphatic heterocycles. The van der Waals surface area contributed by atoms with Gasteiger partial charge in [0.1, 0.15) is 0 Å². The molecule has 0 bridgehead atoms. The molecule has 1 aromatic carbocycles. The van der Waals surface area contributed by atoms with Crippen molar-refractivity contribution in [2.24, 2.45) is 11.3 Å². The zero-order chi connectivity index (χ0) is 15.5. The molecule has 1 unspecified atom stereocenters. The lowest BCUT2D eigenvalue weighted by Gasteiger charge is -2.09. The molecule has 1 aliphatic rings. The van der Waals surface area contributed by atoms with Crippen LogP contribution in [0.1, 0.15) is 48.2 Å². The third kappa shape index (κ3) is 4.09. The number of carbonyl (C=O) groups is 1. The maximum Gasteiger partial charge on any atom is 0.252 e. The molecule has 2 rings (SSSR count). The summed E-state index contributed by atoms with van der Waals surface area (Å²) in [5.74, 6) is 6.38. The van der Waals surface area contributed by atoms with E-state index in [0.717, 1.165) is 17.7 Å². The summed E-state index contributed by atoms with van der Waals surface area (Å²) < 4.78 is 0. The van der Waals surface area contributed by atoms with Gasteiger partial charge in [-0.3, -0.25) is 4.79 Å². The molecule has 21 heavy (non-hydrogen) atoms. The Labute approximate surface area is 126 Å². The van der Waals surface area contributed by atoms with E-state index in [1.165, 1.54) is 6.42 Å². The van der Waals surface area contributed by atoms with E-state index in [1.807, 2.05) is 25.1 Å². The fourth-order valence-corrected chi connectivity index (χ4v) is 2.41. The minimum Gasteiger partial charge on any atom is -0.395 e. The van der Waals surface area contributed by atoms with Crippen LogP contribution in [0.2, 0.25) is 0 Å². The lowest BCUT2D eigenvalue weighted by Crippen LogP contribution is -2.27. The summed E-state index contributed by atoms with van der Waals surface area (Å²) >= 11 is 0. The van der Waals surface area contributed by atoms with Crippen LogP contribution in [0, 0.1) is 30.1 Å². The molecule has 1 saturated carbocycles. The summed E-state index contributed by atoms with van der Waals surface area (Å²) in [6, 6.07) is 5.67. The molecular weight excluding hydrogens is 262 g/mol. The van der Waals surface area contributed by atoms with Crippen LogP contribution < -0.4 is 5.32 Å². The first-order chi connectivity index (χ1) is 9.94. The highest BCUT2D eigenvalue weighted by Gasteiger charge is 2.45. The second-order valence-corrected chi connectivity index (χ2v) is 6.42. The molecule has 3 heteroatoms. The Morgan fingerprint density at radius 3 is 2.81 bits per heavy atom. The maximum atomic E-state index is 12.3. The fraction of sp³-hybridized carbons (Fsp3) is 0.500. The van der Waals surface area contributed by atoms with Crippen molar-refractivity contribution in [3.05, 3.63) is 34.9 Å². The van der Waals surface area contributed by atoms with Crippen molar-refractivity contribution in [1.29, 1.82) is 0 Å². The highest BCUT2D eigenvalue weighted by molar-refractivity contribution is 5.96. The van der Waals surface area contributed by atoms with Crippen LogP contribution >= 0.6 is 0 Å². The summed E-state index contributed by atoms with van der Waals surface area (Å²) in [6.07, 6.45) is 1.59. The summed E-state index contributed by atoms with van der Waals surface area (Å²) in [6.45, 7) is 7.19. The molecule has 2 N–H and O–H groups in total. The Morgan fingerprint density at radius 2 is 2.19 bits per heavy atom. The van der Waals surface area contributed by atoms with Gasteiger partial charge in [0, 0.05) is 18.5 Å². The largest absolute Gasteiger partial charge is 0.395 e. The van der Waals surface area contributed by atoms with Gasteiger partial charge in [0.05, 0.1) is 12.2 Å². The zero-order valence-corrected chi connectivity index (χ0v) is 13.0. The van der Waals surface area contributed by atoms with Gasteiger partial charge >= 0.3 is 0 Å². The number of rotatable bonds is 4. The number of carbonyl (C=O) groups excluding carboxylic acids is 1. The van der Waals surface area contributed by atoms with Gasteiger partial charge in [0.2, 0.25) is 0 Å². The Hall–Kier alpha value is -1.79. The molecule has 0 heterocycles. The molecule has 1 atom stereocenters. The lowest BCUT2D eigenvalue weighted by atomic mass is 10.0. The Bertz CT molecular complexity index is 593. The van der Waals surface area contributed by atoms with Crippen molar-refractivity contribution in [2.75, 3.05) is 13.2 Å². The van der Waals surface area contributed by atoms with Gasteiger partial charge in [0.15, 0.2) is 0 Å². The first kappa shape index (κ1) is 15.6. The summed E-state index contributed by atoms with van der Waals surface area (Å²) in [5.41, 5.74) is 2.79. The number of amides is 1. The standard InChI is InChI=1S/C18H23NO2/c1-13-7-8-16(14(10-13)6-4-5-9-20)17(21)19-12-15-11-18(15,2)3/h7-8,10,15,20H,5,9,11-12H2,1-3H3,(H,19,21). The Balaban J connectivity index is 2.07. The fourth-order valence-electron chi connectivity index (χ4n) is 2.41. The molecule has 1 amide bonds. The minimum atomic E-state index is -0.0639. The van der Waals surface area contributed by atoms with Gasteiger partial charge in [-0.15, -0.1) is 0 Å². The summed E-state index contributed by atoms with van der Waals surface area (Å²) in [7, 11) is 0. The highest BCUT2D eigenvalue weighted by Crippen LogP contribution is 2.50. The molecule has 0 spiro atoms. The predicted octanol–water partition coefficient (Wildman–Crippen LogP) is 2.50. The molecule has 1 aromatic rings. The average molecular weight is 285 g/mol. The third-order valence-corrected chi connectivity index (χ3v) is 4.11. The van der Waals surface area contributed by atoms with Crippen molar-refractivity contribution in [3.8, 4) is 11.8 Å². The van der Waals surface area contributed by atoms with E-state index < -0.39 is 0 Å². The second-order valence-electron chi connectivity index (χ2n) is 6.42. The van der Waals surface area contributed by atoms with Crippen LogP contribution in [-0.4, -0.2) is 24.2 Å². The Morgan fingerprint density at radius 1 is 1.48 bits per heavy atom. The number of aryl methyl sites for hydroxylation is 1. The quantitative estimate of drug-likeness (QED) is 0.835. The molecule has 1 fully saturated rings. The topological polar surface area (TPSA) is 49.3 Å². The van der Waals surface area contributed by atoms with E-state index >= 15 is 0 Å². The van der Waals surface area contributed by atoms with Gasteiger partial charge in [-0.2, -0.15) is 0 Å². The van der Waals surface area contributed by atoms with E-state index in [1.54, 1.807) is 0 Å². The number of aliphatic hydroxyl groups excluding tert-OH is 1. The second kappa shape index (κ2) is 6.32. The number of hydrogen-bond acceptors (Lipinski definition) is 2. The van der Waals surface area contributed by atoms with Crippen LogP contribution in [0.25, 0.3) is 0 Å². The van der Waals surface area contributed by atoms with Gasteiger partial charge < -0.3 is 10.4 Å². The normalized spacial score (nSPS) is 18.6. The average Bonchev–Trinajstić information content (AvgIpc) is 3.04. The van der Waals surface area contributed by atoms with Crippen LogP contribution in [0.5, 0.6) is 0 Å². The van der Waals surface area contributed by atoms with Crippen molar-refractivity contribution in [3.63, 3.8) is 0 Å². The van der Waals surface area contributed by atoms with Crippen molar-refractivity contribution in [2.45, 2.75) is 33.6 Å². The van der Waals surface area contributed by atoms with E-state index in [4.69, 9.17) is 5.11 Å². The zero-order valence-electron chi connectivity index (χ0n) is 13.0. The lowest BCUT2D eigenvalue weighted by molar-refractivity contribution is 0.0950. The molecule has 0 radical (unpaired) electrons. The maximum absolute atomic E-state index is 12.3. The van der Waals surface area contributed by atoms with E-state index in [2.05, 4.69) is 31.0 Å². The van der Waals surface area contributed by atoms with Crippen molar-refractivity contribution < 1.29 is 9.90 Å². The molecule has 0 aromatic heterocycles. The van der Waals surface area contributed by atoms with Gasteiger partial charge in [-0.1, -0.05) is 31.8 Å². The smallest absolute Gasteiger partial charge is 0.252 e. The van der Waals surface area contributed by atoms with Crippen molar-refractivity contribution >= 4 is 5.91 Å². The molecule has 1 aliphatic carbocycles. The van der Waals surface area contributed by atoms with Crippen LogP contribution in [-0.2, 0) is 0 Å². The monoisotopic (exact) mass is 285 g/mol. The number of hydrogen-bond donors (Lipinski definition) is 2. The molecule has 3 nitrogen and oxygen atoms in total. The number of aliphatic hydroxyl groups is 1. The van der Waals surface area contributed by atoms with E-state index in [9.17, 15) is 4.79 Å². The molecule has 0 saturated heterocycles.